The van der Waals surface area contributed by atoms with Gasteiger partial charge in [0.05, 0.1) is 35.0 Å². The number of H-pyrrole nitrogens is 2. The van der Waals surface area contributed by atoms with Crippen LogP contribution in [0.4, 0.5) is 9.59 Å². The van der Waals surface area contributed by atoms with E-state index in [0.29, 0.717) is 12.4 Å². The summed E-state index contributed by atoms with van der Waals surface area (Å²) >= 11 is 0. The molecule has 5 aromatic rings. The maximum Gasteiger partial charge on any atom is 0.411 e. The van der Waals surface area contributed by atoms with Gasteiger partial charge in [-0.25, -0.2) is 19.6 Å². The Morgan fingerprint density at radius 3 is 2.42 bits per heavy atom. The van der Waals surface area contributed by atoms with Crippen molar-refractivity contribution >= 4 is 34.0 Å². The number of imidazole rings is 2. The highest BCUT2D eigenvalue weighted by Gasteiger charge is 2.40. The van der Waals surface area contributed by atoms with E-state index in [0.717, 1.165) is 87.0 Å². The largest absolute Gasteiger partial charge is 0.488 e. The summed E-state index contributed by atoms with van der Waals surface area (Å²) in [6.45, 7) is 10.1. The Balaban J connectivity index is 1.09. The van der Waals surface area contributed by atoms with Gasteiger partial charge in [0.15, 0.2) is 0 Å². The van der Waals surface area contributed by atoms with Gasteiger partial charge in [-0.15, -0.1) is 0 Å². The van der Waals surface area contributed by atoms with Gasteiger partial charge >= 0.3 is 12.2 Å². The minimum atomic E-state index is -0.915. The van der Waals surface area contributed by atoms with Crippen molar-refractivity contribution in [1.82, 2.24) is 29.7 Å². The molecule has 3 N–H and O–H groups in total. The highest BCUT2D eigenvalue weighted by Crippen LogP contribution is 2.44. The predicted octanol–water partition coefficient (Wildman–Crippen LogP) is 8.33. The number of ether oxygens (including phenoxy) is 2. The molecule has 2 fully saturated rings. The molecule has 3 aliphatic heterocycles. The lowest BCUT2D eigenvalue weighted by Gasteiger charge is -2.30. The van der Waals surface area contributed by atoms with Gasteiger partial charge in [-0.2, -0.15) is 0 Å². The van der Waals surface area contributed by atoms with Gasteiger partial charge in [-0.05, 0) is 107 Å². The van der Waals surface area contributed by atoms with E-state index < -0.39 is 11.7 Å². The van der Waals surface area contributed by atoms with Crippen LogP contribution >= 0.6 is 0 Å². The second-order valence-corrected chi connectivity index (χ2v) is 14.5. The predicted molar refractivity (Wildman–Crippen MR) is 182 cm³/mol. The molecule has 2 saturated heterocycles. The number of hydrogen-bond donors (Lipinski definition) is 3. The molecule has 48 heavy (non-hydrogen) atoms. The highest BCUT2D eigenvalue weighted by molar-refractivity contribution is 6.07. The maximum absolute atomic E-state index is 13.2. The fourth-order valence-corrected chi connectivity index (χ4v) is 7.73. The molecule has 0 unspecified atom stereocenters. The molecule has 0 radical (unpaired) electrons. The number of rotatable bonds is 3. The number of carbonyl (C=O) groups is 2. The zero-order chi connectivity index (χ0) is 33.5. The summed E-state index contributed by atoms with van der Waals surface area (Å²) in [5.41, 5.74) is 6.22. The second-order valence-electron chi connectivity index (χ2n) is 14.5. The molecular weight excluding hydrogens is 608 g/mol. The van der Waals surface area contributed by atoms with E-state index in [4.69, 9.17) is 14.5 Å². The Kier molecular flexibility index (Phi) is 6.94. The second kappa shape index (κ2) is 11.0. The van der Waals surface area contributed by atoms with E-state index in [1.165, 1.54) is 4.90 Å². The average molecular weight is 649 g/mol. The molecular formula is C37H40N6O5. The zero-order valence-electron chi connectivity index (χ0n) is 27.8. The van der Waals surface area contributed by atoms with Crippen molar-refractivity contribution in [2.45, 2.75) is 96.7 Å². The molecule has 248 valence electrons. The minimum Gasteiger partial charge on any atom is -0.488 e. The molecule has 0 aliphatic carbocycles. The Morgan fingerprint density at radius 1 is 0.917 bits per heavy atom. The van der Waals surface area contributed by atoms with Crippen LogP contribution in [0.3, 0.4) is 0 Å². The molecule has 0 spiro atoms. The van der Waals surface area contributed by atoms with Gasteiger partial charge in [-0.3, -0.25) is 9.80 Å². The number of fused-ring (bicyclic) bond motifs is 6. The summed E-state index contributed by atoms with van der Waals surface area (Å²) in [6, 6.07) is 14.3. The Bertz CT molecular complexity index is 2090. The van der Waals surface area contributed by atoms with E-state index in [-0.39, 0.29) is 30.3 Å². The van der Waals surface area contributed by atoms with Crippen LogP contribution in [0.2, 0.25) is 0 Å². The molecule has 11 heteroatoms. The number of aromatic amines is 2. The summed E-state index contributed by atoms with van der Waals surface area (Å²) in [5.74, 6) is 2.25. The molecule has 2 aromatic heterocycles. The molecule has 2 amide bonds. The first-order valence-electron chi connectivity index (χ1n) is 16.8. The summed E-state index contributed by atoms with van der Waals surface area (Å²) < 4.78 is 12.1. The third-order valence-electron chi connectivity index (χ3n) is 10.1. The van der Waals surface area contributed by atoms with Crippen LogP contribution in [-0.4, -0.2) is 64.7 Å². The Morgan fingerprint density at radius 2 is 1.67 bits per heavy atom. The molecule has 8 rings (SSSR count). The first-order chi connectivity index (χ1) is 22.9. The van der Waals surface area contributed by atoms with Gasteiger partial charge in [0.2, 0.25) is 0 Å². The lowest BCUT2D eigenvalue weighted by molar-refractivity contribution is 0.0152. The molecule has 3 aliphatic rings. The number of benzene rings is 3. The van der Waals surface area contributed by atoms with E-state index in [1.807, 2.05) is 32.6 Å². The van der Waals surface area contributed by atoms with Gasteiger partial charge in [0.25, 0.3) is 0 Å². The van der Waals surface area contributed by atoms with Crippen molar-refractivity contribution in [3.05, 3.63) is 65.9 Å². The molecule has 0 bridgehead atoms. The number of hydrogen-bond acceptors (Lipinski definition) is 6. The van der Waals surface area contributed by atoms with Crippen LogP contribution in [0.1, 0.15) is 89.6 Å². The third kappa shape index (κ3) is 5.03. The van der Waals surface area contributed by atoms with Crippen LogP contribution in [0.5, 0.6) is 5.75 Å². The monoisotopic (exact) mass is 648 g/mol. The Hall–Kier alpha value is -5.06. The van der Waals surface area contributed by atoms with E-state index in [1.54, 1.807) is 6.20 Å². The van der Waals surface area contributed by atoms with E-state index in [2.05, 4.69) is 64.3 Å². The van der Waals surface area contributed by atoms with Crippen LogP contribution < -0.4 is 4.74 Å². The summed E-state index contributed by atoms with van der Waals surface area (Å²) in [7, 11) is 0. The van der Waals surface area contributed by atoms with Gasteiger partial charge in [0.1, 0.15) is 29.6 Å². The topological polar surface area (TPSA) is 137 Å². The number of carboxylic acid groups (broad SMARTS) is 1. The summed E-state index contributed by atoms with van der Waals surface area (Å²) in [4.78, 5) is 44.9. The number of likely N-dealkylation sites (tertiary alicyclic amines) is 2. The van der Waals surface area contributed by atoms with E-state index >= 15 is 0 Å². The molecule has 0 saturated carbocycles. The van der Waals surface area contributed by atoms with Crippen molar-refractivity contribution < 1.29 is 24.2 Å². The fraction of sp³-hybridized carbons (Fsp3) is 0.405. The molecule has 5 heterocycles. The van der Waals surface area contributed by atoms with Crippen molar-refractivity contribution in [3.8, 4) is 28.1 Å². The van der Waals surface area contributed by atoms with Crippen molar-refractivity contribution in [3.63, 3.8) is 0 Å². The SMILES string of the molecule is C[C@H]1CC[C@@H](c2ncc(-c3ccc4c(c3)COc3cc5c(ccc6[nH]c([C@@H]7CC[C@H](C)N7C(=O)OC(C)(C)C)nc65)cc3-4)[nH]2)N1C(=O)O. The normalized spacial score (nSPS) is 22.2. The quantitative estimate of drug-likeness (QED) is 0.179. The van der Waals surface area contributed by atoms with Crippen LogP contribution in [0.25, 0.3) is 44.2 Å². The lowest BCUT2D eigenvalue weighted by atomic mass is 9.92. The fourth-order valence-electron chi connectivity index (χ4n) is 7.73. The van der Waals surface area contributed by atoms with Crippen molar-refractivity contribution in [2.75, 3.05) is 0 Å². The first kappa shape index (κ1) is 30.3. The van der Waals surface area contributed by atoms with Crippen LogP contribution in [0.15, 0.2) is 48.7 Å². The minimum absolute atomic E-state index is 0.0325. The van der Waals surface area contributed by atoms with Crippen molar-refractivity contribution in [1.29, 1.82) is 0 Å². The lowest BCUT2D eigenvalue weighted by Crippen LogP contribution is -2.40. The summed E-state index contributed by atoms with van der Waals surface area (Å²) in [6.07, 6.45) is 3.82. The number of nitrogens with zero attached hydrogens (tertiary/aromatic N) is 4. The third-order valence-corrected chi connectivity index (χ3v) is 10.1. The number of carbonyl (C=O) groups excluding carboxylic acids is 1. The highest BCUT2D eigenvalue weighted by atomic mass is 16.6. The van der Waals surface area contributed by atoms with Crippen molar-refractivity contribution in [2.24, 2.45) is 0 Å². The van der Waals surface area contributed by atoms with Crippen LogP contribution in [-0.2, 0) is 11.3 Å². The van der Waals surface area contributed by atoms with E-state index in [9.17, 15) is 14.7 Å². The smallest absolute Gasteiger partial charge is 0.411 e. The molecule has 3 aromatic carbocycles. The standard InChI is InChI=1S/C37H40N6O5/c1-19-6-12-29(42(19)35(44)45)33-38-17-28(40-33)22-8-10-24-23(14-22)18-47-31-16-25-21(15-26(24)31)9-11-27-32(25)41-34(39-27)30-13-7-20(2)43(30)36(46)48-37(3,4)5/h8-11,14-17,19-20,29-30H,6-7,12-13,18H2,1-5H3,(H,38,40)(H,39,41)(H,44,45)/t19-,20-,29-,30-/m0/s1. The zero-order valence-corrected chi connectivity index (χ0v) is 27.8. The summed E-state index contributed by atoms with van der Waals surface area (Å²) in [5, 5.41) is 11.8. The maximum atomic E-state index is 13.2. The first-order valence-corrected chi connectivity index (χ1v) is 16.8. The van der Waals surface area contributed by atoms with Crippen LogP contribution in [0, 0.1) is 0 Å². The van der Waals surface area contributed by atoms with Gasteiger partial charge < -0.3 is 24.5 Å². The van der Waals surface area contributed by atoms with Gasteiger partial charge in [0, 0.05) is 23.0 Å². The van der Waals surface area contributed by atoms with Gasteiger partial charge in [-0.1, -0.05) is 18.2 Å². The average Bonchev–Trinajstić information content (AvgIpc) is 3.84. The number of aromatic nitrogens is 4. The number of amides is 2. The molecule has 4 atom stereocenters. The Labute approximate surface area is 278 Å². The molecule has 11 nitrogen and oxygen atoms in total. The number of nitrogens with one attached hydrogen (secondary N) is 2.